The third-order valence-electron chi connectivity index (χ3n) is 2.33. The Bertz CT molecular complexity index is 416. The fourth-order valence-electron chi connectivity index (χ4n) is 1.12. The van der Waals surface area contributed by atoms with Crippen LogP contribution in [0.2, 0.25) is 0 Å². The average molecular weight is 326 g/mol. The largest absolute Gasteiger partial charge is 0.459 e. The Labute approximate surface area is 124 Å². The van der Waals surface area contributed by atoms with Crippen LogP contribution in [0.15, 0.2) is 11.4 Å². The van der Waals surface area contributed by atoms with Gasteiger partial charge in [-0.05, 0) is 6.92 Å². The first kappa shape index (κ1) is 20.2. The van der Waals surface area contributed by atoms with Gasteiger partial charge in [-0.15, -0.1) is 0 Å². The molecule has 0 aliphatic carbocycles. The van der Waals surface area contributed by atoms with Crippen LogP contribution in [0, 0.1) is 0 Å². The van der Waals surface area contributed by atoms with E-state index in [0.717, 1.165) is 5.82 Å². The van der Waals surface area contributed by atoms with Crippen molar-refractivity contribution in [3.63, 3.8) is 0 Å². The molecule has 9 heteroatoms. The van der Waals surface area contributed by atoms with Crippen LogP contribution in [-0.2, 0) is 18.6 Å². The molecule has 0 heterocycles. The molecule has 0 saturated heterocycles. The highest BCUT2D eigenvalue weighted by Gasteiger charge is 2.21. The van der Waals surface area contributed by atoms with E-state index in [1.807, 2.05) is 21.1 Å². The lowest BCUT2D eigenvalue weighted by Crippen LogP contribution is -2.37. The summed E-state index contributed by atoms with van der Waals surface area (Å²) in [6.07, 6.45) is -1.18. The van der Waals surface area contributed by atoms with E-state index in [9.17, 15) is 14.3 Å². The highest BCUT2D eigenvalue weighted by molar-refractivity contribution is 7.56. The van der Waals surface area contributed by atoms with Crippen LogP contribution >= 0.6 is 7.60 Å². The lowest BCUT2D eigenvalue weighted by Gasteiger charge is -2.23. The molecule has 2 unspecified atom stereocenters. The molecule has 0 aromatic rings. The van der Waals surface area contributed by atoms with E-state index in [4.69, 9.17) is 14.7 Å². The molecule has 21 heavy (non-hydrogen) atoms. The molecule has 8 nitrogen and oxygen atoms in total. The highest BCUT2D eigenvalue weighted by Crippen LogP contribution is 2.44. The minimum absolute atomic E-state index is 0.0688. The second kappa shape index (κ2) is 8.63. The summed E-state index contributed by atoms with van der Waals surface area (Å²) >= 11 is 0. The number of carbonyl (C=O) groups is 1. The summed E-state index contributed by atoms with van der Waals surface area (Å²) in [7, 11) is 1.71. The number of aliphatic hydroxyl groups is 2. The normalized spacial score (nSPS) is 17.2. The number of rotatable bonds is 9. The number of esters is 1. The first-order valence-corrected chi connectivity index (χ1v) is 8.04. The van der Waals surface area contributed by atoms with Gasteiger partial charge in [-0.1, -0.05) is 0 Å². The molecule has 0 rings (SSSR count). The van der Waals surface area contributed by atoms with E-state index in [1.54, 1.807) is 0 Å². The number of nitrogens with zero attached hydrogens (tertiary/aromatic N) is 1. The monoisotopic (exact) mass is 326 g/mol. The zero-order valence-electron chi connectivity index (χ0n) is 12.9. The molecule has 0 aromatic carbocycles. The summed E-state index contributed by atoms with van der Waals surface area (Å²) in [5.74, 6) is -0.0389. The van der Waals surface area contributed by atoms with Crippen molar-refractivity contribution in [1.82, 2.24) is 0 Å². The lowest BCUT2D eigenvalue weighted by molar-refractivity contribution is -0.870. The van der Waals surface area contributed by atoms with Crippen molar-refractivity contribution in [2.75, 3.05) is 47.5 Å². The third-order valence-corrected chi connectivity index (χ3v) is 3.60. The van der Waals surface area contributed by atoms with Gasteiger partial charge in [-0.2, -0.15) is 0 Å². The van der Waals surface area contributed by atoms with Gasteiger partial charge in [0.1, 0.15) is 25.9 Å². The molecule has 0 amide bonds. The standard InChI is InChI=1S/C12H24NO7P/c1-10(12(16)19-8-11(15)7-14)9-21(17,18)20-6-5-13(2,3)4/h9,11,14-15H,5-8H2,1-4H3/p+1. The van der Waals surface area contributed by atoms with E-state index < -0.39 is 32.9 Å². The SMILES string of the molecule is CC(=CP(=O)(O)OCC[N+](C)(C)C)C(=O)OCC(O)CO. The van der Waals surface area contributed by atoms with Gasteiger partial charge < -0.3 is 24.3 Å². The zero-order chi connectivity index (χ0) is 16.7. The summed E-state index contributed by atoms with van der Waals surface area (Å²) < 4.78 is 21.9. The van der Waals surface area contributed by atoms with Crippen molar-refractivity contribution in [2.24, 2.45) is 0 Å². The Morgan fingerprint density at radius 3 is 2.43 bits per heavy atom. The molecule has 0 fully saturated rings. The summed E-state index contributed by atoms with van der Waals surface area (Å²) in [4.78, 5) is 21.1. The molecule has 0 spiro atoms. The quantitative estimate of drug-likeness (QED) is 0.231. The zero-order valence-corrected chi connectivity index (χ0v) is 13.7. The van der Waals surface area contributed by atoms with Crippen LogP contribution in [0.25, 0.3) is 0 Å². The molecule has 0 bridgehead atoms. The van der Waals surface area contributed by atoms with Crippen LogP contribution in [0.3, 0.4) is 0 Å². The first-order chi connectivity index (χ1) is 9.47. The average Bonchev–Trinajstić information content (AvgIpc) is 2.32. The van der Waals surface area contributed by atoms with Crippen LogP contribution in [-0.4, -0.2) is 79.2 Å². The maximum atomic E-state index is 11.8. The second-order valence-corrected chi connectivity index (χ2v) is 7.30. The summed E-state index contributed by atoms with van der Waals surface area (Å²) in [6.45, 7) is 0.977. The van der Waals surface area contributed by atoms with Gasteiger partial charge >= 0.3 is 13.6 Å². The van der Waals surface area contributed by atoms with E-state index in [1.165, 1.54) is 6.92 Å². The Balaban J connectivity index is 4.44. The number of aliphatic hydroxyl groups excluding tert-OH is 2. The number of ether oxygens (including phenoxy) is 1. The van der Waals surface area contributed by atoms with Gasteiger partial charge in [0.05, 0.1) is 27.7 Å². The third kappa shape index (κ3) is 10.6. The molecule has 3 N–H and O–H groups in total. The Kier molecular flexibility index (Phi) is 8.31. The molecule has 0 aromatic heterocycles. The van der Waals surface area contributed by atoms with Crippen molar-refractivity contribution in [1.29, 1.82) is 0 Å². The molecule has 0 aliphatic heterocycles. The fraction of sp³-hybridized carbons (Fsp3) is 0.750. The topological polar surface area (TPSA) is 113 Å². The number of hydrogen-bond donors (Lipinski definition) is 3. The van der Waals surface area contributed by atoms with E-state index in [-0.39, 0.29) is 12.2 Å². The van der Waals surface area contributed by atoms with Gasteiger partial charge in [0.2, 0.25) is 0 Å². The maximum Gasteiger partial charge on any atom is 0.352 e. The van der Waals surface area contributed by atoms with Gasteiger partial charge in [0.25, 0.3) is 0 Å². The van der Waals surface area contributed by atoms with Crippen molar-refractivity contribution in [3.8, 4) is 0 Å². The molecule has 0 radical (unpaired) electrons. The molecular weight excluding hydrogens is 301 g/mol. The van der Waals surface area contributed by atoms with Crippen LogP contribution in [0.4, 0.5) is 0 Å². The van der Waals surface area contributed by atoms with E-state index >= 15 is 0 Å². The van der Waals surface area contributed by atoms with Crippen molar-refractivity contribution in [2.45, 2.75) is 13.0 Å². The fourth-order valence-corrected chi connectivity index (χ4v) is 2.13. The van der Waals surface area contributed by atoms with E-state index in [0.29, 0.717) is 11.0 Å². The summed E-state index contributed by atoms with van der Waals surface area (Å²) in [6, 6.07) is 0. The molecule has 124 valence electrons. The van der Waals surface area contributed by atoms with Crippen molar-refractivity contribution >= 4 is 13.6 Å². The Hall–Kier alpha value is -0.760. The number of hydrogen-bond acceptors (Lipinski definition) is 6. The number of carbonyl (C=O) groups excluding carboxylic acids is 1. The van der Waals surface area contributed by atoms with Crippen molar-refractivity contribution < 1.29 is 38.2 Å². The molecule has 0 aliphatic rings. The molecule has 0 saturated carbocycles. The number of likely N-dealkylation sites (N-methyl/N-ethyl adjacent to an activating group) is 1. The van der Waals surface area contributed by atoms with Gasteiger partial charge in [0, 0.05) is 11.4 Å². The van der Waals surface area contributed by atoms with Crippen LogP contribution in [0.1, 0.15) is 6.92 Å². The Morgan fingerprint density at radius 2 is 1.95 bits per heavy atom. The lowest BCUT2D eigenvalue weighted by atomic mass is 10.3. The van der Waals surface area contributed by atoms with Crippen LogP contribution < -0.4 is 0 Å². The maximum absolute atomic E-state index is 11.8. The van der Waals surface area contributed by atoms with Crippen molar-refractivity contribution in [3.05, 3.63) is 11.4 Å². The summed E-state index contributed by atoms with van der Waals surface area (Å²) in [5, 5.41) is 17.6. The molecular formula is C12H25NO7P+. The minimum atomic E-state index is -4.03. The smallest absolute Gasteiger partial charge is 0.352 e. The summed E-state index contributed by atoms with van der Waals surface area (Å²) in [5.41, 5.74) is -0.101. The van der Waals surface area contributed by atoms with E-state index in [2.05, 4.69) is 4.74 Å². The predicted octanol–water partition coefficient (Wildman–Crippen LogP) is -0.305. The highest BCUT2D eigenvalue weighted by atomic mass is 31.2. The van der Waals surface area contributed by atoms with Gasteiger partial charge in [-0.25, -0.2) is 4.79 Å². The number of quaternary nitrogens is 1. The van der Waals surface area contributed by atoms with Gasteiger partial charge in [-0.3, -0.25) is 9.09 Å². The molecule has 2 atom stereocenters. The predicted molar refractivity (Wildman–Crippen MR) is 76.5 cm³/mol. The first-order valence-electron chi connectivity index (χ1n) is 6.40. The second-order valence-electron chi connectivity index (χ2n) is 5.66. The Morgan fingerprint density at radius 1 is 1.38 bits per heavy atom. The minimum Gasteiger partial charge on any atom is -0.459 e. The van der Waals surface area contributed by atoms with Gasteiger partial charge in [0.15, 0.2) is 0 Å². The van der Waals surface area contributed by atoms with Crippen LogP contribution in [0.5, 0.6) is 0 Å².